The second-order valence-corrected chi connectivity index (χ2v) is 5.80. The van der Waals surface area contributed by atoms with Crippen molar-refractivity contribution in [2.45, 2.75) is 44.0 Å². The molecule has 0 aromatic heterocycles. The van der Waals surface area contributed by atoms with E-state index in [0.717, 1.165) is 49.9 Å². The summed E-state index contributed by atoms with van der Waals surface area (Å²) in [6.07, 6.45) is -1.94. The predicted molar refractivity (Wildman–Crippen MR) is 79.8 cm³/mol. The van der Waals surface area contributed by atoms with Crippen LogP contribution < -0.4 is 10.6 Å². The van der Waals surface area contributed by atoms with Crippen molar-refractivity contribution < 1.29 is 27.9 Å². The number of halogens is 3. The summed E-state index contributed by atoms with van der Waals surface area (Å²) in [4.78, 5) is 23.3. The molecule has 0 bridgehead atoms. The van der Waals surface area contributed by atoms with E-state index in [1.807, 2.05) is 0 Å². The van der Waals surface area contributed by atoms with E-state index in [0.29, 0.717) is 0 Å². The molecular formula is C16H19F3N2O3. The average Bonchev–Trinajstić information content (AvgIpc) is 3.04. The van der Waals surface area contributed by atoms with E-state index >= 15 is 0 Å². The van der Waals surface area contributed by atoms with Crippen LogP contribution in [0.1, 0.15) is 42.9 Å². The summed E-state index contributed by atoms with van der Waals surface area (Å²) >= 11 is 0. The van der Waals surface area contributed by atoms with Crippen LogP contribution in [0.3, 0.4) is 0 Å². The Bertz CT molecular complexity index is 581. The maximum absolute atomic E-state index is 12.5. The maximum Gasteiger partial charge on any atom is 0.416 e. The van der Waals surface area contributed by atoms with Crippen molar-refractivity contribution in [3.63, 3.8) is 0 Å². The summed E-state index contributed by atoms with van der Waals surface area (Å²) in [6.45, 7) is -0.262. The van der Waals surface area contributed by atoms with Gasteiger partial charge in [0.05, 0.1) is 11.7 Å². The number of hydrogen-bond donors (Lipinski definition) is 3. The largest absolute Gasteiger partial charge is 0.416 e. The van der Waals surface area contributed by atoms with Gasteiger partial charge in [0.1, 0.15) is 0 Å². The molecule has 8 heteroatoms. The Labute approximate surface area is 137 Å². The van der Waals surface area contributed by atoms with E-state index in [1.54, 1.807) is 0 Å². The Balaban J connectivity index is 1.82. The first-order chi connectivity index (χ1) is 11.3. The fraction of sp³-hybridized carbons (Fsp3) is 0.500. The minimum absolute atomic E-state index is 0.00286. The number of aliphatic hydroxyl groups is 1. The third kappa shape index (κ3) is 4.95. The van der Waals surface area contributed by atoms with Crippen LogP contribution in [0, 0.1) is 0 Å². The van der Waals surface area contributed by atoms with E-state index in [1.165, 1.54) is 0 Å². The van der Waals surface area contributed by atoms with Crippen molar-refractivity contribution in [1.82, 2.24) is 10.6 Å². The number of alkyl halides is 3. The highest BCUT2D eigenvalue weighted by molar-refractivity contribution is 6.35. The smallest absolute Gasteiger partial charge is 0.387 e. The number of hydrogen-bond acceptors (Lipinski definition) is 3. The minimum Gasteiger partial charge on any atom is -0.387 e. The summed E-state index contributed by atoms with van der Waals surface area (Å²) in [6, 6.07) is 3.99. The Morgan fingerprint density at radius 1 is 1.12 bits per heavy atom. The van der Waals surface area contributed by atoms with Gasteiger partial charge in [0, 0.05) is 12.6 Å². The lowest BCUT2D eigenvalue weighted by atomic mass is 10.1. The molecule has 1 atom stereocenters. The number of amides is 2. The molecule has 0 heterocycles. The van der Waals surface area contributed by atoms with Crippen LogP contribution in [0.4, 0.5) is 13.2 Å². The molecule has 1 aliphatic carbocycles. The molecular weight excluding hydrogens is 325 g/mol. The molecule has 0 spiro atoms. The van der Waals surface area contributed by atoms with Crippen molar-refractivity contribution in [1.29, 1.82) is 0 Å². The summed E-state index contributed by atoms with van der Waals surface area (Å²) < 4.78 is 37.4. The van der Waals surface area contributed by atoms with Gasteiger partial charge in [-0.15, -0.1) is 0 Å². The molecule has 2 rings (SSSR count). The molecule has 1 aliphatic rings. The van der Waals surface area contributed by atoms with Gasteiger partial charge in [-0.25, -0.2) is 0 Å². The molecule has 1 fully saturated rings. The molecule has 0 saturated heterocycles. The van der Waals surface area contributed by atoms with Crippen molar-refractivity contribution >= 4 is 11.8 Å². The van der Waals surface area contributed by atoms with E-state index in [-0.39, 0.29) is 18.2 Å². The van der Waals surface area contributed by atoms with Crippen molar-refractivity contribution in [3.8, 4) is 0 Å². The van der Waals surface area contributed by atoms with E-state index in [2.05, 4.69) is 10.6 Å². The number of carbonyl (C=O) groups is 2. The van der Waals surface area contributed by atoms with Gasteiger partial charge in [0.2, 0.25) is 0 Å². The zero-order valence-corrected chi connectivity index (χ0v) is 12.9. The number of aliphatic hydroxyl groups excluding tert-OH is 1. The van der Waals surface area contributed by atoms with Gasteiger partial charge in [-0.2, -0.15) is 13.2 Å². The van der Waals surface area contributed by atoms with Crippen molar-refractivity contribution in [2.75, 3.05) is 6.54 Å². The predicted octanol–water partition coefficient (Wildman–Crippen LogP) is 1.91. The van der Waals surface area contributed by atoms with Crippen LogP contribution in [-0.2, 0) is 15.8 Å². The second-order valence-electron chi connectivity index (χ2n) is 5.80. The van der Waals surface area contributed by atoms with Gasteiger partial charge >= 0.3 is 18.0 Å². The van der Waals surface area contributed by atoms with Crippen LogP contribution in [-0.4, -0.2) is 29.5 Å². The number of nitrogens with one attached hydrogen (secondary N) is 2. The highest BCUT2D eigenvalue weighted by atomic mass is 19.4. The molecule has 1 aromatic rings. The molecule has 0 unspecified atom stereocenters. The van der Waals surface area contributed by atoms with E-state index < -0.39 is 29.7 Å². The molecule has 132 valence electrons. The van der Waals surface area contributed by atoms with Gasteiger partial charge in [-0.05, 0) is 30.5 Å². The third-order valence-electron chi connectivity index (χ3n) is 3.98. The average molecular weight is 344 g/mol. The standard InChI is InChI=1S/C16H19F3N2O3/c17-16(18,19)11-7-5-10(6-8-11)13(22)9-20-14(23)15(24)21-12-3-1-2-4-12/h5-8,12-13,22H,1-4,9H2,(H,20,23)(H,21,24)/t13-/m0/s1. The first-order valence-electron chi connectivity index (χ1n) is 7.71. The van der Waals surface area contributed by atoms with Gasteiger partial charge in [-0.1, -0.05) is 25.0 Å². The van der Waals surface area contributed by atoms with Gasteiger partial charge < -0.3 is 15.7 Å². The number of carbonyl (C=O) groups excluding carboxylic acids is 2. The molecule has 2 amide bonds. The van der Waals surface area contributed by atoms with Gasteiger partial charge in [0.25, 0.3) is 0 Å². The summed E-state index contributed by atoms with van der Waals surface area (Å²) in [7, 11) is 0. The van der Waals surface area contributed by atoms with Crippen molar-refractivity contribution in [3.05, 3.63) is 35.4 Å². The SMILES string of the molecule is O=C(NC[C@H](O)c1ccc(C(F)(F)F)cc1)C(=O)NC1CCCC1. The van der Waals surface area contributed by atoms with E-state index in [4.69, 9.17) is 0 Å². The topological polar surface area (TPSA) is 78.4 Å². The number of rotatable bonds is 4. The Hall–Kier alpha value is -2.09. The number of benzene rings is 1. The fourth-order valence-electron chi connectivity index (χ4n) is 2.60. The highest BCUT2D eigenvalue weighted by Gasteiger charge is 2.30. The van der Waals surface area contributed by atoms with Crippen LogP contribution in [0.2, 0.25) is 0 Å². The molecule has 3 N–H and O–H groups in total. The zero-order chi connectivity index (χ0) is 17.7. The molecule has 1 saturated carbocycles. The first kappa shape index (κ1) is 18.3. The zero-order valence-electron chi connectivity index (χ0n) is 12.9. The normalized spacial score (nSPS) is 16.7. The molecule has 1 aromatic carbocycles. The van der Waals surface area contributed by atoms with Crippen LogP contribution >= 0.6 is 0 Å². The lowest BCUT2D eigenvalue weighted by Crippen LogP contribution is -2.44. The fourth-order valence-corrected chi connectivity index (χ4v) is 2.60. The second kappa shape index (κ2) is 7.65. The van der Waals surface area contributed by atoms with Crippen LogP contribution in [0.25, 0.3) is 0 Å². The Kier molecular flexibility index (Phi) is 5.82. The Morgan fingerprint density at radius 3 is 2.25 bits per heavy atom. The monoisotopic (exact) mass is 344 g/mol. The van der Waals surface area contributed by atoms with Gasteiger partial charge in [-0.3, -0.25) is 9.59 Å². The molecule has 0 aliphatic heterocycles. The summed E-state index contributed by atoms with van der Waals surface area (Å²) in [5.74, 6) is -1.63. The van der Waals surface area contributed by atoms with E-state index in [9.17, 15) is 27.9 Å². The van der Waals surface area contributed by atoms with Gasteiger partial charge in [0.15, 0.2) is 0 Å². The summed E-state index contributed by atoms with van der Waals surface area (Å²) in [5.41, 5.74) is -0.599. The summed E-state index contributed by atoms with van der Waals surface area (Å²) in [5, 5.41) is 14.8. The highest BCUT2D eigenvalue weighted by Crippen LogP contribution is 2.29. The first-order valence-corrected chi connectivity index (χ1v) is 7.71. The van der Waals surface area contributed by atoms with Crippen LogP contribution in [0.15, 0.2) is 24.3 Å². The lowest BCUT2D eigenvalue weighted by molar-refractivity contribution is -0.139. The molecule has 5 nitrogen and oxygen atoms in total. The third-order valence-corrected chi connectivity index (χ3v) is 3.98. The van der Waals surface area contributed by atoms with Crippen LogP contribution in [0.5, 0.6) is 0 Å². The Morgan fingerprint density at radius 2 is 1.71 bits per heavy atom. The molecule has 0 radical (unpaired) electrons. The maximum atomic E-state index is 12.5. The molecule has 24 heavy (non-hydrogen) atoms. The quantitative estimate of drug-likeness (QED) is 0.730. The lowest BCUT2D eigenvalue weighted by Gasteiger charge is -2.15. The van der Waals surface area contributed by atoms with Crippen molar-refractivity contribution in [2.24, 2.45) is 0 Å². The minimum atomic E-state index is -4.45.